The van der Waals surface area contributed by atoms with Gasteiger partial charge in [-0.2, -0.15) is 0 Å². The molecule has 14 heavy (non-hydrogen) atoms. The van der Waals surface area contributed by atoms with Crippen molar-refractivity contribution in [3.05, 3.63) is 47.5 Å². The molecule has 1 atom stereocenters. The number of hydrogen-bond donors (Lipinski definition) is 1. The van der Waals surface area contributed by atoms with Crippen molar-refractivity contribution < 1.29 is 5.11 Å². The van der Waals surface area contributed by atoms with Crippen LogP contribution in [0.4, 0.5) is 0 Å². The molecule has 1 nitrogen and oxygen atoms in total. The van der Waals surface area contributed by atoms with Gasteiger partial charge in [0.25, 0.3) is 0 Å². The Hall–Kier alpha value is -1.08. The third-order valence-electron chi connectivity index (χ3n) is 2.18. The predicted molar refractivity (Wildman–Crippen MR) is 60.2 cm³/mol. The monoisotopic (exact) mass is 190 g/mol. The smallest absolute Gasteiger partial charge is 0.0695 e. The van der Waals surface area contributed by atoms with E-state index >= 15 is 0 Å². The molecule has 0 radical (unpaired) electrons. The standard InChI is InChI=1S/C13H18O/c1-11(10-12(2)14)8-9-13-6-4-3-5-7-13/h3-7,10,12,14H,8-9H2,1-2H3. The first-order chi connectivity index (χ1) is 6.68. The molecule has 0 heterocycles. The number of aliphatic hydroxyl groups excluding tert-OH is 1. The lowest BCUT2D eigenvalue weighted by molar-refractivity contribution is 0.243. The molecule has 0 bridgehead atoms. The second-order valence-corrected chi connectivity index (χ2v) is 3.74. The van der Waals surface area contributed by atoms with Gasteiger partial charge in [-0.1, -0.05) is 42.0 Å². The van der Waals surface area contributed by atoms with Crippen LogP contribution in [-0.2, 0) is 6.42 Å². The normalized spacial score (nSPS) is 14.1. The summed E-state index contributed by atoms with van der Waals surface area (Å²) in [6, 6.07) is 10.4. The fourth-order valence-electron chi connectivity index (χ4n) is 1.48. The topological polar surface area (TPSA) is 20.2 Å². The highest BCUT2D eigenvalue weighted by Crippen LogP contribution is 2.09. The lowest BCUT2D eigenvalue weighted by Crippen LogP contribution is -1.95. The number of aliphatic hydroxyl groups is 1. The molecular formula is C13H18O. The third-order valence-corrected chi connectivity index (χ3v) is 2.18. The Kier molecular flexibility index (Phi) is 4.41. The zero-order chi connectivity index (χ0) is 10.4. The van der Waals surface area contributed by atoms with Crippen LogP contribution in [0.15, 0.2) is 42.0 Å². The molecule has 1 aromatic rings. The first-order valence-electron chi connectivity index (χ1n) is 5.08. The molecule has 1 rings (SSSR count). The third kappa shape index (κ3) is 4.24. The van der Waals surface area contributed by atoms with Crippen LogP contribution in [0.3, 0.4) is 0 Å². The van der Waals surface area contributed by atoms with Crippen LogP contribution < -0.4 is 0 Å². The molecule has 0 aromatic heterocycles. The highest BCUT2D eigenvalue weighted by Gasteiger charge is 1.95. The summed E-state index contributed by atoms with van der Waals surface area (Å²) >= 11 is 0. The molecule has 0 aliphatic rings. The van der Waals surface area contributed by atoms with Gasteiger partial charge in [0.1, 0.15) is 0 Å². The quantitative estimate of drug-likeness (QED) is 0.724. The average molecular weight is 190 g/mol. The lowest BCUT2D eigenvalue weighted by Gasteiger charge is -2.03. The summed E-state index contributed by atoms with van der Waals surface area (Å²) in [6.07, 6.45) is 3.65. The summed E-state index contributed by atoms with van der Waals surface area (Å²) in [7, 11) is 0. The van der Waals surface area contributed by atoms with E-state index < -0.39 is 0 Å². The minimum Gasteiger partial charge on any atom is -0.389 e. The highest BCUT2D eigenvalue weighted by molar-refractivity contribution is 5.16. The van der Waals surface area contributed by atoms with E-state index in [0.29, 0.717) is 0 Å². The van der Waals surface area contributed by atoms with Gasteiger partial charge in [0.15, 0.2) is 0 Å². The summed E-state index contributed by atoms with van der Waals surface area (Å²) in [4.78, 5) is 0. The second-order valence-electron chi connectivity index (χ2n) is 3.74. The molecule has 0 saturated carbocycles. The van der Waals surface area contributed by atoms with Crippen molar-refractivity contribution in [3.8, 4) is 0 Å². The summed E-state index contributed by atoms with van der Waals surface area (Å²) in [5.74, 6) is 0. The Balaban J connectivity index is 2.42. The maximum absolute atomic E-state index is 9.14. The number of rotatable bonds is 4. The minimum atomic E-state index is -0.328. The Morgan fingerprint density at radius 3 is 2.57 bits per heavy atom. The lowest BCUT2D eigenvalue weighted by atomic mass is 10.0. The van der Waals surface area contributed by atoms with Crippen LogP contribution in [0.2, 0.25) is 0 Å². The molecule has 0 fully saturated rings. The molecule has 1 aromatic carbocycles. The minimum absolute atomic E-state index is 0.328. The van der Waals surface area contributed by atoms with E-state index in [9.17, 15) is 0 Å². The van der Waals surface area contributed by atoms with Crippen LogP contribution in [0, 0.1) is 0 Å². The van der Waals surface area contributed by atoms with Crippen molar-refractivity contribution >= 4 is 0 Å². The second kappa shape index (κ2) is 5.61. The van der Waals surface area contributed by atoms with Gasteiger partial charge >= 0.3 is 0 Å². The number of aryl methyl sites for hydroxylation is 1. The van der Waals surface area contributed by atoms with E-state index in [1.807, 2.05) is 12.1 Å². The van der Waals surface area contributed by atoms with Crippen molar-refractivity contribution in [2.24, 2.45) is 0 Å². The summed E-state index contributed by atoms with van der Waals surface area (Å²) in [6.45, 7) is 3.85. The zero-order valence-electron chi connectivity index (χ0n) is 8.90. The van der Waals surface area contributed by atoms with Crippen LogP contribution in [0.5, 0.6) is 0 Å². The van der Waals surface area contributed by atoms with E-state index in [0.717, 1.165) is 12.8 Å². The van der Waals surface area contributed by atoms with E-state index in [-0.39, 0.29) is 6.10 Å². The van der Waals surface area contributed by atoms with Gasteiger partial charge in [0.2, 0.25) is 0 Å². The Bertz CT molecular complexity index is 285. The van der Waals surface area contributed by atoms with E-state index in [1.54, 1.807) is 6.92 Å². The van der Waals surface area contributed by atoms with E-state index in [2.05, 4.69) is 31.2 Å². The van der Waals surface area contributed by atoms with Gasteiger partial charge in [-0.25, -0.2) is 0 Å². The molecule has 0 spiro atoms. The van der Waals surface area contributed by atoms with Gasteiger partial charge in [0, 0.05) is 0 Å². The molecule has 1 heteroatoms. The van der Waals surface area contributed by atoms with Crippen molar-refractivity contribution in [1.82, 2.24) is 0 Å². The Morgan fingerprint density at radius 2 is 2.00 bits per heavy atom. The highest BCUT2D eigenvalue weighted by atomic mass is 16.3. The van der Waals surface area contributed by atoms with Crippen molar-refractivity contribution in [2.75, 3.05) is 0 Å². The summed E-state index contributed by atoms with van der Waals surface area (Å²) < 4.78 is 0. The predicted octanol–water partition coefficient (Wildman–Crippen LogP) is 2.95. The number of allylic oxidation sites excluding steroid dienone is 1. The summed E-state index contributed by atoms with van der Waals surface area (Å²) in [5, 5.41) is 9.14. The number of hydrogen-bond acceptors (Lipinski definition) is 1. The van der Waals surface area contributed by atoms with Gasteiger partial charge < -0.3 is 5.11 Å². The van der Waals surface area contributed by atoms with Crippen molar-refractivity contribution in [3.63, 3.8) is 0 Å². The van der Waals surface area contributed by atoms with Gasteiger partial charge in [-0.15, -0.1) is 0 Å². The first kappa shape index (κ1) is 11.0. The molecular weight excluding hydrogens is 172 g/mol. The maximum atomic E-state index is 9.14. The molecule has 0 saturated heterocycles. The molecule has 0 aliphatic carbocycles. The largest absolute Gasteiger partial charge is 0.389 e. The summed E-state index contributed by atoms with van der Waals surface area (Å²) in [5.41, 5.74) is 2.61. The Labute approximate surface area is 86.1 Å². The molecule has 1 N–H and O–H groups in total. The number of benzene rings is 1. The fourth-order valence-corrected chi connectivity index (χ4v) is 1.48. The van der Waals surface area contributed by atoms with Gasteiger partial charge in [0.05, 0.1) is 6.10 Å². The molecule has 1 unspecified atom stereocenters. The van der Waals surface area contributed by atoms with Crippen LogP contribution in [0.25, 0.3) is 0 Å². The van der Waals surface area contributed by atoms with E-state index in [4.69, 9.17) is 5.11 Å². The maximum Gasteiger partial charge on any atom is 0.0695 e. The zero-order valence-corrected chi connectivity index (χ0v) is 8.90. The Morgan fingerprint density at radius 1 is 1.36 bits per heavy atom. The van der Waals surface area contributed by atoms with Gasteiger partial charge in [-0.3, -0.25) is 0 Å². The van der Waals surface area contributed by atoms with E-state index in [1.165, 1.54) is 11.1 Å². The van der Waals surface area contributed by atoms with Gasteiger partial charge in [-0.05, 0) is 32.3 Å². The molecule has 76 valence electrons. The molecule has 0 amide bonds. The van der Waals surface area contributed by atoms with Crippen LogP contribution in [0.1, 0.15) is 25.8 Å². The van der Waals surface area contributed by atoms with Crippen LogP contribution >= 0.6 is 0 Å². The SMILES string of the molecule is CC(=CC(C)O)CCc1ccccc1. The average Bonchev–Trinajstić information content (AvgIpc) is 2.15. The van der Waals surface area contributed by atoms with Crippen molar-refractivity contribution in [1.29, 1.82) is 0 Å². The fraction of sp³-hybridized carbons (Fsp3) is 0.385. The molecule has 0 aliphatic heterocycles. The van der Waals surface area contributed by atoms with Crippen molar-refractivity contribution in [2.45, 2.75) is 32.8 Å². The first-order valence-corrected chi connectivity index (χ1v) is 5.08. The van der Waals surface area contributed by atoms with Crippen LogP contribution in [-0.4, -0.2) is 11.2 Å².